The van der Waals surface area contributed by atoms with Crippen molar-refractivity contribution in [3.8, 4) is 0 Å². The summed E-state index contributed by atoms with van der Waals surface area (Å²) < 4.78 is 5.42. The summed E-state index contributed by atoms with van der Waals surface area (Å²) in [6, 6.07) is 8.21. The zero-order valence-electron chi connectivity index (χ0n) is 13.6. The van der Waals surface area contributed by atoms with Gasteiger partial charge in [-0.15, -0.1) is 0 Å². The van der Waals surface area contributed by atoms with Crippen molar-refractivity contribution in [3.05, 3.63) is 29.8 Å². The van der Waals surface area contributed by atoms with Crippen LogP contribution in [0.2, 0.25) is 0 Å². The van der Waals surface area contributed by atoms with Crippen molar-refractivity contribution in [1.82, 2.24) is 5.32 Å². The summed E-state index contributed by atoms with van der Waals surface area (Å²) in [5.41, 5.74) is 2.27. The molecule has 1 aromatic carbocycles. The number of benzene rings is 1. The monoisotopic (exact) mass is 292 g/mol. The van der Waals surface area contributed by atoms with Crippen LogP contribution in [0, 0.1) is 0 Å². The van der Waals surface area contributed by atoms with E-state index in [1.165, 1.54) is 5.56 Å². The van der Waals surface area contributed by atoms with Crippen molar-refractivity contribution < 1.29 is 9.53 Å². The quantitative estimate of drug-likeness (QED) is 0.687. The molecule has 0 saturated carbocycles. The van der Waals surface area contributed by atoms with Crippen molar-refractivity contribution in [2.45, 2.75) is 46.1 Å². The third-order valence-electron chi connectivity index (χ3n) is 3.12. The van der Waals surface area contributed by atoms with Gasteiger partial charge in [-0.25, -0.2) is 0 Å². The van der Waals surface area contributed by atoms with E-state index in [0.29, 0.717) is 25.6 Å². The molecule has 0 aliphatic carbocycles. The molecule has 0 aromatic heterocycles. The van der Waals surface area contributed by atoms with E-state index < -0.39 is 0 Å². The topological polar surface area (TPSA) is 50.4 Å². The summed E-state index contributed by atoms with van der Waals surface area (Å²) in [6.07, 6.45) is 1.09. The molecule has 1 aromatic rings. The first kappa shape index (κ1) is 17.5. The highest BCUT2D eigenvalue weighted by molar-refractivity contribution is 5.80. The van der Waals surface area contributed by atoms with Crippen molar-refractivity contribution in [1.29, 1.82) is 0 Å². The minimum atomic E-state index is 0.00693. The Labute approximate surface area is 128 Å². The van der Waals surface area contributed by atoms with E-state index in [-0.39, 0.29) is 12.0 Å². The number of rotatable bonds is 9. The molecule has 0 unspecified atom stereocenters. The average molecular weight is 292 g/mol. The van der Waals surface area contributed by atoms with Gasteiger partial charge in [-0.2, -0.15) is 0 Å². The fraction of sp³-hybridized carbons (Fsp3) is 0.588. The van der Waals surface area contributed by atoms with Crippen molar-refractivity contribution in [2.24, 2.45) is 0 Å². The summed E-state index contributed by atoms with van der Waals surface area (Å²) >= 11 is 0. The largest absolute Gasteiger partial charge is 0.379 e. The highest BCUT2D eigenvalue weighted by Gasteiger charge is 2.02. The first-order valence-corrected chi connectivity index (χ1v) is 7.71. The van der Waals surface area contributed by atoms with Gasteiger partial charge in [-0.3, -0.25) is 4.79 Å². The predicted molar refractivity (Wildman–Crippen MR) is 87.7 cm³/mol. The molecule has 118 valence electrons. The Morgan fingerprint density at radius 1 is 1.14 bits per heavy atom. The lowest BCUT2D eigenvalue weighted by molar-refractivity contribution is -0.119. The second-order valence-corrected chi connectivity index (χ2v) is 5.75. The first-order chi connectivity index (χ1) is 9.99. The number of hydrogen-bond donors (Lipinski definition) is 2. The average Bonchev–Trinajstić information content (AvgIpc) is 2.44. The van der Waals surface area contributed by atoms with Crippen LogP contribution in [0.1, 0.15) is 45.6 Å². The van der Waals surface area contributed by atoms with Crippen molar-refractivity contribution >= 4 is 11.6 Å². The van der Waals surface area contributed by atoms with E-state index in [0.717, 1.165) is 12.1 Å². The molecule has 0 spiro atoms. The van der Waals surface area contributed by atoms with Crippen LogP contribution in [-0.2, 0) is 9.53 Å². The molecule has 0 aliphatic rings. The highest BCUT2D eigenvalue weighted by Crippen LogP contribution is 2.16. The first-order valence-electron chi connectivity index (χ1n) is 7.71. The number of carbonyl (C=O) groups is 1. The summed E-state index contributed by atoms with van der Waals surface area (Å²) in [4.78, 5) is 11.7. The maximum Gasteiger partial charge on any atom is 0.239 e. The zero-order chi connectivity index (χ0) is 15.7. The van der Waals surface area contributed by atoms with Gasteiger partial charge in [0.1, 0.15) is 0 Å². The van der Waals surface area contributed by atoms with Crippen LogP contribution < -0.4 is 10.6 Å². The molecule has 4 heteroatoms. The molecule has 0 heterocycles. The zero-order valence-corrected chi connectivity index (χ0v) is 13.6. The molecule has 4 nitrogen and oxygen atoms in total. The van der Waals surface area contributed by atoms with E-state index in [1.807, 2.05) is 26.0 Å². The van der Waals surface area contributed by atoms with Gasteiger partial charge in [0.2, 0.25) is 5.91 Å². The molecular weight excluding hydrogens is 264 g/mol. The third-order valence-corrected chi connectivity index (χ3v) is 3.12. The van der Waals surface area contributed by atoms with E-state index in [2.05, 4.69) is 36.6 Å². The Morgan fingerprint density at radius 3 is 2.38 bits per heavy atom. The smallest absolute Gasteiger partial charge is 0.239 e. The maximum atomic E-state index is 11.7. The number of hydrogen-bond acceptors (Lipinski definition) is 3. The van der Waals surface area contributed by atoms with E-state index in [9.17, 15) is 4.79 Å². The van der Waals surface area contributed by atoms with Gasteiger partial charge >= 0.3 is 0 Å². The van der Waals surface area contributed by atoms with Crippen molar-refractivity contribution in [3.63, 3.8) is 0 Å². The Morgan fingerprint density at radius 2 is 1.81 bits per heavy atom. The van der Waals surface area contributed by atoms with Gasteiger partial charge in [0, 0.05) is 18.8 Å². The lowest BCUT2D eigenvalue weighted by atomic mass is 10.0. The molecule has 1 rings (SSSR count). The van der Waals surface area contributed by atoms with Crippen LogP contribution in [0.4, 0.5) is 5.69 Å². The molecule has 0 bridgehead atoms. The summed E-state index contributed by atoms with van der Waals surface area (Å²) in [6.45, 7) is 9.98. The number of amides is 1. The summed E-state index contributed by atoms with van der Waals surface area (Å²) in [7, 11) is 0. The molecule has 0 radical (unpaired) electrons. The summed E-state index contributed by atoms with van der Waals surface area (Å²) in [5.74, 6) is 0.530. The highest BCUT2D eigenvalue weighted by atomic mass is 16.5. The third kappa shape index (κ3) is 7.71. The number of carbonyl (C=O) groups excluding carboxylic acids is 1. The number of anilines is 1. The minimum Gasteiger partial charge on any atom is -0.379 e. The van der Waals surface area contributed by atoms with E-state index in [1.54, 1.807) is 0 Å². The van der Waals surface area contributed by atoms with E-state index >= 15 is 0 Å². The van der Waals surface area contributed by atoms with Gasteiger partial charge in [0.25, 0.3) is 0 Å². The van der Waals surface area contributed by atoms with E-state index in [4.69, 9.17) is 4.74 Å². The van der Waals surface area contributed by atoms with Crippen LogP contribution in [0.5, 0.6) is 0 Å². The fourth-order valence-corrected chi connectivity index (χ4v) is 1.85. The van der Waals surface area contributed by atoms with Crippen LogP contribution in [-0.4, -0.2) is 31.7 Å². The molecule has 21 heavy (non-hydrogen) atoms. The van der Waals surface area contributed by atoms with Crippen LogP contribution in [0.15, 0.2) is 24.3 Å². The summed E-state index contributed by atoms with van der Waals surface area (Å²) in [5, 5.41) is 6.00. The Hall–Kier alpha value is -1.55. The minimum absolute atomic E-state index is 0.00693. The molecule has 2 N–H and O–H groups in total. The van der Waals surface area contributed by atoms with Gasteiger partial charge < -0.3 is 15.4 Å². The fourth-order valence-electron chi connectivity index (χ4n) is 1.85. The molecule has 0 fully saturated rings. The molecule has 0 aliphatic heterocycles. The molecular formula is C17H28N2O2. The van der Waals surface area contributed by atoms with Gasteiger partial charge in [-0.1, -0.05) is 26.0 Å². The molecule has 0 atom stereocenters. The molecule has 0 saturated heterocycles. The van der Waals surface area contributed by atoms with Crippen LogP contribution in [0.25, 0.3) is 0 Å². The normalized spacial score (nSPS) is 11.0. The number of ether oxygens (including phenoxy) is 1. The Kier molecular flexibility index (Phi) is 7.83. The lowest BCUT2D eigenvalue weighted by Gasteiger charge is -2.10. The lowest BCUT2D eigenvalue weighted by Crippen LogP contribution is -2.31. The Bertz CT molecular complexity index is 413. The second-order valence-electron chi connectivity index (χ2n) is 5.75. The second kappa shape index (κ2) is 9.40. The predicted octanol–water partition coefficient (Wildman–Crippen LogP) is 3.15. The number of nitrogens with one attached hydrogen (secondary N) is 2. The van der Waals surface area contributed by atoms with Crippen LogP contribution in [0.3, 0.4) is 0 Å². The van der Waals surface area contributed by atoms with Crippen LogP contribution >= 0.6 is 0 Å². The van der Waals surface area contributed by atoms with Crippen molar-refractivity contribution in [2.75, 3.05) is 25.0 Å². The Balaban J connectivity index is 2.17. The van der Waals surface area contributed by atoms with Gasteiger partial charge in [0.05, 0.1) is 12.6 Å². The SMILES string of the molecule is CC(C)OCCCNC(=O)CNc1ccc(C(C)C)cc1. The maximum absolute atomic E-state index is 11.7. The molecule has 1 amide bonds. The van der Waals surface area contributed by atoms with Gasteiger partial charge in [0.15, 0.2) is 0 Å². The standard InChI is InChI=1S/C17H28N2O2/c1-13(2)15-6-8-16(9-7-15)19-12-17(20)18-10-5-11-21-14(3)4/h6-9,13-14,19H,5,10-12H2,1-4H3,(H,18,20). The van der Waals surface area contributed by atoms with Gasteiger partial charge in [-0.05, 0) is 43.9 Å².